The fourth-order valence-corrected chi connectivity index (χ4v) is 0.938. The second-order valence-electron chi connectivity index (χ2n) is 2.81. The van der Waals surface area contributed by atoms with Gasteiger partial charge in [-0.1, -0.05) is 37.5 Å². The molecule has 1 nitrogen and oxygen atoms in total. The lowest BCUT2D eigenvalue weighted by atomic mass is 10.1. The first-order chi connectivity index (χ1) is 6.24. The van der Waals surface area contributed by atoms with E-state index in [1.807, 2.05) is 37.4 Å². The number of nitrogens with zero attached hydrogens (tertiary/aromatic N) is 1. The maximum absolute atomic E-state index is 4.19. The number of aryl methyl sites for hydroxylation is 1. The van der Waals surface area contributed by atoms with Crippen molar-refractivity contribution in [1.82, 2.24) is 4.98 Å². The number of allylic oxidation sites excluding steroid dienone is 4. The van der Waals surface area contributed by atoms with Crippen LogP contribution >= 0.6 is 0 Å². The van der Waals surface area contributed by atoms with Crippen LogP contribution < -0.4 is 0 Å². The lowest BCUT2D eigenvalue weighted by Crippen LogP contribution is -1.83. The van der Waals surface area contributed by atoms with Crippen LogP contribution in [-0.4, -0.2) is 4.98 Å². The third-order valence-electron chi connectivity index (χ3n) is 1.72. The summed E-state index contributed by atoms with van der Waals surface area (Å²) < 4.78 is 0. The lowest BCUT2D eigenvalue weighted by Gasteiger charge is -1.99. The van der Waals surface area contributed by atoms with Crippen LogP contribution in [0.25, 0.3) is 5.57 Å². The molecule has 0 aliphatic heterocycles. The summed E-state index contributed by atoms with van der Waals surface area (Å²) in [6, 6.07) is 3.99. The Morgan fingerprint density at radius 1 is 1.46 bits per heavy atom. The van der Waals surface area contributed by atoms with Gasteiger partial charge in [0.1, 0.15) is 0 Å². The van der Waals surface area contributed by atoms with Gasteiger partial charge in [-0.25, -0.2) is 0 Å². The number of rotatable bonds is 3. The van der Waals surface area contributed by atoms with Gasteiger partial charge in [-0.2, -0.15) is 0 Å². The quantitative estimate of drug-likeness (QED) is 0.637. The Labute approximate surface area is 79.1 Å². The van der Waals surface area contributed by atoms with E-state index in [1.165, 1.54) is 0 Å². The minimum absolute atomic E-state index is 0.951. The van der Waals surface area contributed by atoms with E-state index in [9.17, 15) is 0 Å². The molecule has 66 valence electrons. The second kappa shape index (κ2) is 4.41. The molecule has 13 heavy (non-hydrogen) atoms. The molecule has 0 saturated heterocycles. The molecule has 0 N–H and O–H groups in total. The molecule has 0 amide bonds. The molecular formula is C12H13N. The van der Waals surface area contributed by atoms with Gasteiger partial charge in [-0.05, 0) is 24.1 Å². The van der Waals surface area contributed by atoms with Crippen LogP contribution in [0.5, 0.6) is 0 Å². The van der Waals surface area contributed by atoms with Gasteiger partial charge in [0.15, 0.2) is 0 Å². The molecule has 0 radical (unpaired) electrons. The Kier molecular flexibility index (Phi) is 3.21. The van der Waals surface area contributed by atoms with Gasteiger partial charge in [-0.15, -0.1) is 0 Å². The topological polar surface area (TPSA) is 12.9 Å². The predicted molar refractivity (Wildman–Crippen MR) is 57.3 cm³/mol. The maximum Gasteiger partial charge on any atom is 0.0373 e. The van der Waals surface area contributed by atoms with Crippen LogP contribution in [0.15, 0.2) is 49.7 Å². The number of pyridine rings is 1. The minimum atomic E-state index is 0.951. The Morgan fingerprint density at radius 3 is 2.77 bits per heavy atom. The van der Waals surface area contributed by atoms with Crippen molar-refractivity contribution in [3.8, 4) is 0 Å². The molecular weight excluding hydrogens is 158 g/mol. The SMILES string of the molecule is C=C/C=C\C(=C)c1ccc(C)nc1. The van der Waals surface area contributed by atoms with Gasteiger partial charge in [0, 0.05) is 11.9 Å². The zero-order chi connectivity index (χ0) is 9.68. The zero-order valence-electron chi connectivity index (χ0n) is 7.83. The summed E-state index contributed by atoms with van der Waals surface area (Å²) in [7, 11) is 0. The van der Waals surface area contributed by atoms with E-state index in [0.717, 1.165) is 16.8 Å². The van der Waals surface area contributed by atoms with Crippen molar-refractivity contribution >= 4 is 5.57 Å². The van der Waals surface area contributed by atoms with Crippen molar-refractivity contribution in [2.75, 3.05) is 0 Å². The molecule has 0 aliphatic rings. The molecule has 1 rings (SSSR count). The summed E-state index contributed by atoms with van der Waals surface area (Å²) in [5, 5.41) is 0. The van der Waals surface area contributed by atoms with Gasteiger partial charge in [0.2, 0.25) is 0 Å². The highest BCUT2D eigenvalue weighted by molar-refractivity contribution is 5.71. The first-order valence-electron chi connectivity index (χ1n) is 4.15. The van der Waals surface area contributed by atoms with Gasteiger partial charge in [-0.3, -0.25) is 4.98 Å². The third-order valence-corrected chi connectivity index (χ3v) is 1.72. The smallest absolute Gasteiger partial charge is 0.0373 e. The van der Waals surface area contributed by atoms with Crippen molar-refractivity contribution in [2.24, 2.45) is 0 Å². The van der Waals surface area contributed by atoms with Crippen molar-refractivity contribution in [1.29, 1.82) is 0 Å². The van der Waals surface area contributed by atoms with Crippen LogP contribution in [0.1, 0.15) is 11.3 Å². The molecule has 0 bridgehead atoms. The van der Waals surface area contributed by atoms with Crippen molar-refractivity contribution in [3.05, 3.63) is 61.0 Å². The molecule has 1 heterocycles. The molecule has 1 aromatic rings. The largest absolute Gasteiger partial charge is 0.261 e. The van der Waals surface area contributed by atoms with Gasteiger partial charge in [0.05, 0.1) is 0 Å². The highest BCUT2D eigenvalue weighted by Crippen LogP contribution is 2.12. The van der Waals surface area contributed by atoms with E-state index in [1.54, 1.807) is 6.08 Å². The fourth-order valence-electron chi connectivity index (χ4n) is 0.938. The lowest BCUT2D eigenvalue weighted by molar-refractivity contribution is 1.19. The predicted octanol–water partition coefficient (Wildman–Crippen LogP) is 3.15. The minimum Gasteiger partial charge on any atom is -0.261 e. The van der Waals surface area contributed by atoms with E-state index in [2.05, 4.69) is 18.1 Å². The second-order valence-corrected chi connectivity index (χ2v) is 2.81. The normalized spacial score (nSPS) is 10.2. The van der Waals surface area contributed by atoms with Crippen LogP contribution in [0.4, 0.5) is 0 Å². The zero-order valence-corrected chi connectivity index (χ0v) is 7.83. The average molecular weight is 171 g/mol. The van der Waals surface area contributed by atoms with Crippen LogP contribution in [0.3, 0.4) is 0 Å². The molecule has 0 fully saturated rings. The summed E-state index contributed by atoms with van der Waals surface area (Å²) in [6.45, 7) is 9.48. The van der Waals surface area contributed by atoms with Gasteiger partial charge < -0.3 is 0 Å². The molecule has 1 heteroatoms. The summed E-state index contributed by atoms with van der Waals surface area (Å²) in [5.41, 5.74) is 3.01. The van der Waals surface area contributed by atoms with E-state index in [-0.39, 0.29) is 0 Å². The Morgan fingerprint density at radius 2 is 2.23 bits per heavy atom. The first-order valence-corrected chi connectivity index (χ1v) is 4.15. The van der Waals surface area contributed by atoms with E-state index in [0.29, 0.717) is 0 Å². The van der Waals surface area contributed by atoms with Crippen molar-refractivity contribution in [2.45, 2.75) is 6.92 Å². The fraction of sp³-hybridized carbons (Fsp3) is 0.0833. The van der Waals surface area contributed by atoms with Gasteiger partial charge in [0.25, 0.3) is 0 Å². The third kappa shape index (κ3) is 2.71. The van der Waals surface area contributed by atoms with Crippen LogP contribution in [0.2, 0.25) is 0 Å². The summed E-state index contributed by atoms with van der Waals surface area (Å²) in [4.78, 5) is 4.19. The molecule has 0 unspecified atom stereocenters. The summed E-state index contributed by atoms with van der Waals surface area (Å²) in [6.07, 6.45) is 7.33. The molecule has 0 aliphatic carbocycles. The molecule has 0 atom stereocenters. The number of aromatic nitrogens is 1. The number of hydrogen-bond donors (Lipinski definition) is 0. The standard InChI is InChI=1S/C12H13N/c1-4-5-6-10(2)12-8-7-11(3)13-9-12/h4-9H,1-2H2,3H3/b6-5-. The molecule has 0 saturated carbocycles. The van der Waals surface area contributed by atoms with Crippen LogP contribution in [-0.2, 0) is 0 Å². The Balaban J connectivity index is 2.83. The van der Waals surface area contributed by atoms with Crippen molar-refractivity contribution < 1.29 is 0 Å². The molecule has 0 aromatic carbocycles. The average Bonchev–Trinajstić information content (AvgIpc) is 2.15. The van der Waals surface area contributed by atoms with Crippen LogP contribution in [0, 0.1) is 6.92 Å². The van der Waals surface area contributed by atoms with E-state index < -0.39 is 0 Å². The number of hydrogen-bond acceptors (Lipinski definition) is 1. The Hall–Kier alpha value is -1.63. The first kappa shape index (κ1) is 9.46. The van der Waals surface area contributed by atoms with E-state index in [4.69, 9.17) is 0 Å². The summed E-state index contributed by atoms with van der Waals surface area (Å²) >= 11 is 0. The van der Waals surface area contributed by atoms with E-state index >= 15 is 0 Å². The highest BCUT2D eigenvalue weighted by Gasteiger charge is 1.93. The monoisotopic (exact) mass is 171 g/mol. The van der Waals surface area contributed by atoms with Crippen molar-refractivity contribution in [3.63, 3.8) is 0 Å². The molecule has 0 spiro atoms. The Bertz CT molecular complexity index is 331. The van der Waals surface area contributed by atoms with Gasteiger partial charge >= 0.3 is 0 Å². The highest BCUT2D eigenvalue weighted by atomic mass is 14.7. The maximum atomic E-state index is 4.19. The summed E-state index contributed by atoms with van der Waals surface area (Å²) in [5.74, 6) is 0. The molecule has 1 aromatic heterocycles.